The van der Waals surface area contributed by atoms with Crippen LogP contribution in [0.25, 0.3) is 4.91 Å². The fraction of sp³-hybridized carbons (Fsp3) is 0.357. The van der Waals surface area contributed by atoms with Gasteiger partial charge in [-0.25, -0.2) is 4.21 Å². The van der Waals surface area contributed by atoms with Gasteiger partial charge in [-0.3, -0.25) is 4.79 Å². The van der Waals surface area contributed by atoms with Crippen molar-refractivity contribution in [1.29, 1.82) is 0 Å². The highest BCUT2D eigenvalue weighted by molar-refractivity contribution is 7.89. The average Bonchev–Trinajstić information content (AvgIpc) is 2.40. The number of ether oxygens (including phenoxy) is 1. The van der Waals surface area contributed by atoms with Gasteiger partial charge >= 0.3 is 5.97 Å². The third kappa shape index (κ3) is 5.81. The van der Waals surface area contributed by atoms with E-state index in [-0.39, 0.29) is 17.3 Å². The molecule has 0 bridgehead atoms. The van der Waals surface area contributed by atoms with Crippen LogP contribution in [0.15, 0.2) is 36.4 Å². The molecule has 1 rings (SSSR count). The van der Waals surface area contributed by atoms with Gasteiger partial charge in [0.2, 0.25) is 0 Å². The number of hydrogen-bond donors (Lipinski definition) is 1. The van der Waals surface area contributed by atoms with Crippen molar-refractivity contribution in [2.75, 3.05) is 6.61 Å². The van der Waals surface area contributed by atoms with E-state index in [4.69, 9.17) is 4.74 Å². The maximum absolute atomic E-state index is 11.4. The van der Waals surface area contributed by atoms with Crippen LogP contribution in [0.3, 0.4) is 0 Å². The normalized spacial score (nSPS) is 13.1. The Morgan fingerprint density at radius 1 is 1.37 bits per heavy atom. The van der Waals surface area contributed by atoms with Crippen molar-refractivity contribution in [1.82, 2.24) is 0 Å². The molecule has 0 spiro atoms. The molecule has 5 heteroatoms. The van der Waals surface area contributed by atoms with Gasteiger partial charge in [-0.15, -0.1) is 0 Å². The lowest BCUT2D eigenvalue weighted by Crippen LogP contribution is -2.05. The van der Waals surface area contributed by atoms with E-state index in [9.17, 15) is 13.6 Å². The highest BCUT2D eigenvalue weighted by Gasteiger charge is 2.09. The lowest BCUT2D eigenvalue weighted by Gasteiger charge is -2.04. The molecule has 0 heterocycles. The van der Waals surface area contributed by atoms with Crippen LogP contribution in [0.2, 0.25) is 0 Å². The first kappa shape index (κ1) is 15.6. The second kappa shape index (κ2) is 8.61. The number of benzene rings is 1. The minimum atomic E-state index is -2.12. The second-order valence-electron chi connectivity index (χ2n) is 3.96. The van der Waals surface area contributed by atoms with Gasteiger partial charge < -0.3 is 9.29 Å². The van der Waals surface area contributed by atoms with Crippen molar-refractivity contribution >= 4 is 22.0 Å². The molecule has 0 aliphatic heterocycles. The summed E-state index contributed by atoms with van der Waals surface area (Å²) in [4.78, 5) is 11.7. The first-order valence-electron chi connectivity index (χ1n) is 6.17. The van der Waals surface area contributed by atoms with Crippen LogP contribution in [0.4, 0.5) is 0 Å². The number of esters is 1. The highest BCUT2D eigenvalue weighted by atomic mass is 32.2. The van der Waals surface area contributed by atoms with Crippen molar-refractivity contribution in [3.05, 3.63) is 42.0 Å². The predicted octanol–water partition coefficient (Wildman–Crippen LogP) is 2.98. The number of carbonyl (C=O) groups is 1. The zero-order valence-corrected chi connectivity index (χ0v) is 11.7. The van der Waals surface area contributed by atoms with Crippen LogP contribution >= 0.6 is 0 Å². The van der Waals surface area contributed by atoms with Crippen LogP contribution in [-0.4, -0.2) is 21.3 Å². The Bertz CT molecular complexity index is 454. The number of hydrogen-bond acceptors (Lipinski definition) is 3. The number of unbranched alkanes of at least 4 members (excludes halogenated alkanes) is 1. The fourth-order valence-electron chi connectivity index (χ4n) is 1.46. The second-order valence-corrected chi connectivity index (χ2v) is 4.90. The van der Waals surface area contributed by atoms with E-state index < -0.39 is 11.1 Å². The lowest BCUT2D eigenvalue weighted by molar-refractivity contribution is -0.142. The summed E-state index contributed by atoms with van der Waals surface area (Å²) in [6.07, 6.45) is 3.23. The first-order chi connectivity index (χ1) is 9.15. The first-order valence-corrected chi connectivity index (χ1v) is 7.28. The van der Waals surface area contributed by atoms with Gasteiger partial charge in [0.05, 0.1) is 17.9 Å². The molecule has 0 aliphatic carbocycles. The summed E-state index contributed by atoms with van der Waals surface area (Å²) in [6, 6.07) is 8.82. The Kier molecular flexibility index (Phi) is 7.07. The van der Waals surface area contributed by atoms with Crippen molar-refractivity contribution in [2.45, 2.75) is 26.2 Å². The van der Waals surface area contributed by atoms with E-state index in [1.165, 1.54) is 6.08 Å². The van der Waals surface area contributed by atoms with Gasteiger partial charge in [-0.1, -0.05) is 49.8 Å². The fourth-order valence-corrected chi connectivity index (χ4v) is 2.02. The molecule has 0 amide bonds. The molecule has 1 unspecified atom stereocenters. The molecule has 0 saturated heterocycles. The topological polar surface area (TPSA) is 63.6 Å². The summed E-state index contributed by atoms with van der Waals surface area (Å²) < 4.78 is 25.5. The monoisotopic (exact) mass is 282 g/mol. The third-order valence-corrected chi connectivity index (χ3v) is 3.24. The van der Waals surface area contributed by atoms with Crippen LogP contribution in [0, 0.1) is 0 Å². The van der Waals surface area contributed by atoms with Gasteiger partial charge in [0.1, 0.15) is 0 Å². The molecule has 0 fully saturated rings. The smallest absolute Gasteiger partial charge is 0.309 e. The summed E-state index contributed by atoms with van der Waals surface area (Å²) in [5.74, 6) is -0.382. The molecule has 1 aromatic rings. The third-order valence-electron chi connectivity index (χ3n) is 2.46. The van der Waals surface area contributed by atoms with E-state index in [1.807, 2.05) is 13.0 Å². The maximum atomic E-state index is 11.4. The van der Waals surface area contributed by atoms with Crippen LogP contribution in [0.5, 0.6) is 0 Å². The SMILES string of the molecule is CCCCOC(=O)CC=C(c1ccccc1)S(=O)O. The lowest BCUT2D eigenvalue weighted by atomic mass is 10.2. The molecule has 0 aliphatic rings. The Morgan fingerprint density at radius 3 is 2.63 bits per heavy atom. The van der Waals surface area contributed by atoms with Crippen LogP contribution in [0.1, 0.15) is 31.7 Å². The zero-order valence-electron chi connectivity index (χ0n) is 10.9. The van der Waals surface area contributed by atoms with E-state index in [0.717, 1.165) is 12.8 Å². The minimum absolute atomic E-state index is 0.000240. The van der Waals surface area contributed by atoms with Gasteiger partial charge in [-0.05, 0) is 12.0 Å². The summed E-state index contributed by atoms with van der Waals surface area (Å²) in [6.45, 7) is 2.40. The van der Waals surface area contributed by atoms with E-state index in [1.54, 1.807) is 24.3 Å². The molecule has 4 nitrogen and oxygen atoms in total. The summed E-state index contributed by atoms with van der Waals surface area (Å²) >= 11 is -2.12. The molecule has 0 saturated carbocycles. The maximum Gasteiger partial charge on any atom is 0.309 e. The van der Waals surface area contributed by atoms with Gasteiger partial charge in [-0.2, -0.15) is 0 Å². The average molecular weight is 282 g/mol. The van der Waals surface area contributed by atoms with E-state index in [0.29, 0.717) is 12.2 Å². The number of rotatable bonds is 7. The van der Waals surface area contributed by atoms with E-state index in [2.05, 4.69) is 0 Å². The Hall–Kier alpha value is -1.46. The molecule has 0 radical (unpaired) electrons. The van der Waals surface area contributed by atoms with E-state index >= 15 is 0 Å². The molecule has 19 heavy (non-hydrogen) atoms. The standard InChI is InChI=1S/C14H18O4S/c1-2-3-11-18-14(15)10-9-13(19(16)17)12-7-5-4-6-8-12/h4-9H,2-3,10-11H2,1H3,(H,16,17). The molecule has 0 aromatic heterocycles. The van der Waals surface area contributed by atoms with Crippen molar-refractivity contribution in [3.63, 3.8) is 0 Å². The Labute approximate surface area is 115 Å². The predicted molar refractivity (Wildman–Crippen MR) is 75.7 cm³/mol. The summed E-state index contributed by atoms with van der Waals surface area (Å²) in [5.41, 5.74) is 0.629. The largest absolute Gasteiger partial charge is 0.465 e. The summed E-state index contributed by atoms with van der Waals surface area (Å²) in [7, 11) is 0. The zero-order chi connectivity index (χ0) is 14.1. The quantitative estimate of drug-likeness (QED) is 0.474. The molecule has 1 aromatic carbocycles. The Balaban J connectivity index is 2.65. The molecular weight excluding hydrogens is 264 g/mol. The van der Waals surface area contributed by atoms with Crippen LogP contribution < -0.4 is 0 Å². The minimum Gasteiger partial charge on any atom is -0.465 e. The summed E-state index contributed by atoms with van der Waals surface area (Å²) in [5, 5.41) is 0. The molecule has 1 atom stereocenters. The van der Waals surface area contributed by atoms with Crippen LogP contribution in [-0.2, 0) is 20.6 Å². The molecule has 104 valence electrons. The van der Waals surface area contributed by atoms with Crippen molar-refractivity contribution in [2.24, 2.45) is 0 Å². The number of carbonyl (C=O) groups excluding carboxylic acids is 1. The Morgan fingerprint density at radius 2 is 2.05 bits per heavy atom. The van der Waals surface area contributed by atoms with Gasteiger partial charge in [0, 0.05) is 0 Å². The highest BCUT2D eigenvalue weighted by Crippen LogP contribution is 2.17. The van der Waals surface area contributed by atoms with Crippen molar-refractivity contribution < 1.29 is 18.3 Å². The molecule has 1 N–H and O–H groups in total. The van der Waals surface area contributed by atoms with Crippen molar-refractivity contribution in [3.8, 4) is 0 Å². The molecular formula is C14H18O4S. The van der Waals surface area contributed by atoms with Gasteiger partial charge in [0.15, 0.2) is 11.1 Å². The van der Waals surface area contributed by atoms with Gasteiger partial charge in [0.25, 0.3) is 0 Å².